The standard InChI is InChI=1S/C35H40N2O8/c1-19-12-13-33(3)26(34(19,4)18-42-20(2)38)16-27(44-31(40)21-8-10-23(36)11-9-21)35(5)30(33)29(39)28-25(45-35)15-24(43-32(28)41)22-7-6-14-37-17-22/h6-11,14-15,17,19,26-27,29-30,39H,12-13,16,18,36H2,1-5H3/t19-,26?,27-,29-,30?,33-,34+,35+/m0/s1. The third-order valence-electron chi connectivity index (χ3n) is 11.1. The number of carbonyl (C=O) groups excluding carboxylic acids is 2. The molecule has 1 aromatic carbocycles. The molecule has 2 unspecified atom stereocenters. The molecule has 45 heavy (non-hydrogen) atoms. The van der Waals surface area contributed by atoms with Crippen molar-refractivity contribution in [3.63, 3.8) is 0 Å². The highest BCUT2D eigenvalue weighted by atomic mass is 16.6. The van der Waals surface area contributed by atoms with E-state index in [0.29, 0.717) is 23.2 Å². The maximum Gasteiger partial charge on any atom is 0.345 e. The summed E-state index contributed by atoms with van der Waals surface area (Å²) in [5.74, 6) is -1.18. The average Bonchev–Trinajstić information content (AvgIpc) is 2.99. The van der Waals surface area contributed by atoms with Crippen molar-refractivity contribution in [3.8, 4) is 17.1 Å². The molecule has 10 nitrogen and oxygen atoms in total. The number of hydrogen-bond donors (Lipinski definition) is 2. The SMILES string of the molecule is CC(=O)OC[C@@]1(C)C2C[C@H](OC(=O)c3ccc(N)cc3)[C@@]3(C)Oc4cc(-c5cccnc5)oc(=O)c4[C@H](O)C3[C@@]2(C)CC[C@@H]1C. The molecular weight excluding hydrogens is 576 g/mol. The fourth-order valence-corrected chi connectivity index (χ4v) is 8.51. The Bertz CT molecular complexity index is 1670. The fourth-order valence-electron chi connectivity index (χ4n) is 8.51. The summed E-state index contributed by atoms with van der Waals surface area (Å²) in [6.45, 7) is 9.77. The number of carbonyl (C=O) groups is 2. The van der Waals surface area contributed by atoms with Crippen LogP contribution in [0.3, 0.4) is 0 Å². The zero-order chi connectivity index (χ0) is 32.3. The van der Waals surface area contributed by atoms with Gasteiger partial charge in [0.05, 0.1) is 18.3 Å². The second-order valence-corrected chi connectivity index (χ2v) is 13.7. The Kier molecular flexibility index (Phi) is 7.54. The first-order chi connectivity index (χ1) is 21.3. The van der Waals surface area contributed by atoms with Gasteiger partial charge in [0.25, 0.3) is 0 Å². The second-order valence-electron chi connectivity index (χ2n) is 13.7. The molecule has 2 saturated carbocycles. The number of rotatable bonds is 5. The van der Waals surface area contributed by atoms with E-state index >= 15 is 0 Å². The third kappa shape index (κ3) is 4.99. The molecule has 0 saturated heterocycles. The van der Waals surface area contributed by atoms with Gasteiger partial charge in [-0.05, 0) is 79.8 Å². The van der Waals surface area contributed by atoms with Gasteiger partial charge in [0.15, 0.2) is 0 Å². The van der Waals surface area contributed by atoms with Crippen LogP contribution in [0.15, 0.2) is 64.1 Å². The number of nitrogen functional groups attached to an aromatic ring is 1. The minimum atomic E-state index is -1.28. The van der Waals surface area contributed by atoms with Crippen molar-refractivity contribution >= 4 is 17.6 Å². The number of pyridine rings is 1. The Morgan fingerprint density at radius 3 is 2.56 bits per heavy atom. The summed E-state index contributed by atoms with van der Waals surface area (Å²) in [4.78, 5) is 43.3. The monoisotopic (exact) mass is 616 g/mol. The molecule has 0 spiro atoms. The van der Waals surface area contributed by atoms with E-state index < -0.39 is 46.2 Å². The van der Waals surface area contributed by atoms with Crippen molar-refractivity contribution in [1.29, 1.82) is 0 Å². The van der Waals surface area contributed by atoms with E-state index in [1.165, 1.54) is 6.92 Å². The highest BCUT2D eigenvalue weighted by Gasteiger charge is 2.70. The molecule has 3 heterocycles. The van der Waals surface area contributed by atoms with Crippen molar-refractivity contribution in [3.05, 3.63) is 76.4 Å². The van der Waals surface area contributed by atoms with Crippen molar-refractivity contribution in [2.75, 3.05) is 12.3 Å². The van der Waals surface area contributed by atoms with Crippen LogP contribution in [0.5, 0.6) is 5.75 Å². The molecule has 6 rings (SSSR count). The molecule has 10 heteroatoms. The number of aliphatic hydroxyl groups excluding tert-OH is 1. The Hall–Kier alpha value is -4.18. The van der Waals surface area contributed by atoms with Gasteiger partial charge >= 0.3 is 17.6 Å². The maximum atomic E-state index is 13.6. The van der Waals surface area contributed by atoms with Crippen molar-refractivity contribution in [2.45, 2.75) is 71.7 Å². The van der Waals surface area contributed by atoms with Gasteiger partial charge < -0.3 is 29.5 Å². The van der Waals surface area contributed by atoms with E-state index in [-0.39, 0.29) is 41.5 Å². The fraction of sp³-hybridized carbons (Fsp3) is 0.486. The molecule has 2 aromatic heterocycles. The Morgan fingerprint density at radius 2 is 1.89 bits per heavy atom. The van der Waals surface area contributed by atoms with E-state index in [1.807, 2.05) is 6.92 Å². The molecular formula is C35H40N2O8. The normalized spacial score (nSPS) is 33.5. The smallest absolute Gasteiger partial charge is 0.345 e. The van der Waals surface area contributed by atoms with E-state index in [0.717, 1.165) is 12.8 Å². The maximum absolute atomic E-state index is 13.6. The lowest BCUT2D eigenvalue weighted by atomic mass is 9.41. The summed E-state index contributed by atoms with van der Waals surface area (Å²) in [6, 6.07) is 11.6. The van der Waals surface area contributed by atoms with Crippen LogP contribution in [0.1, 0.15) is 75.9 Å². The number of nitrogens with zero attached hydrogens (tertiary/aromatic N) is 1. The lowest BCUT2D eigenvalue weighted by molar-refractivity contribution is -0.257. The predicted molar refractivity (Wildman–Crippen MR) is 165 cm³/mol. The van der Waals surface area contributed by atoms with E-state index in [2.05, 4.69) is 25.8 Å². The number of ether oxygens (including phenoxy) is 3. The minimum Gasteiger partial charge on any atom is -0.482 e. The highest BCUT2D eigenvalue weighted by Crippen LogP contribution is 2.68. The summed E-state index contributed by atoms with van der Waals surface area (Å²) >= 11 is 0. The Morgan fingerprint density at radius 1 is 1.16 bits per heavy atom. The first kappa shape index (κ1) is 30.8. The third-order valence-corrected chi connectivity index (χ3v) is 11.1. The van der Waals surface area contributed by atoms with Crippen LogP contribution in [-0.2, 0) is 14.3 Å². The second kappa shape index (κ2) is 11.0. The number of esters is 2. The van der Waals surface area contributed by atoms with Gasteiger partial charge in [-0.15, -0.1) is 0 Å². The molecule has 0 radical (unpaired) electrons. The highest BCUT2D eigenvalue weighted by molar-refractivity contribution is 5.90. The van der Waals surface area contributed by atoms with Gasteiger partial charge in [-0.3, -0.25) is 9.78 Å². The summed E-state index contributed by atoms with van der Waals surface area (Å²) in [5.41, 5.74) is 4.28. The number of nitrogens with two attached hydrogens (primary N) is 1. The van der Waals surface area contributed by atoms with Gasteiger partial charge in [0.1, 0.15) is 28.8 Å². The summed E-state index contributed by atoms with van der Waals surface area (Å²) in [6.07, 6.45) is 3.00. The lowest BCUT2D eigenvalue weighted by Crippen LogP contribution is -2.70. The topological polar surface area (TPSA) is 151 Å². The van der Waals surface area contributed by atoms with Gasteiger partial charge in [-0.25, -0.2) is 9.59 Å². The molecule has 238 valence electrons. The molecule has 2 fully saturated rings. The number of benzene rings is 1. The molecule has 1 aliphatic heterocycles. The van der Waals surface area contributed by atoms with Crippen LogP contribution in [0.4, 0.5) is 5.69 Å². The van der Waals surface area contributed by atoms with Gasteiger partial charge in [0, 0.05) is 48.0 Å². The zero-order valence-electron chi connectivity index (χ0n) is 26.2. The zero-order valence-corrected chi connectivity index (χ0v) is 26.2. The van der Waals surface area contributed by atoms with Crippen LogP contribution in [0, 0.1) is 28.6 Å². The number of hydrogen-bond acceptors (Lipinski definition) is 10. The van der Waals surface area contributed by atoms with Crippen molar-refractivity contribution < 1.29 is 33.3 Å². The van der Waals surface area contributed by atoms with Crippen molar-refractivity contribution in [2.24, 2.45) is 28.6 Å². The first-order valence-corrected chi connectivity index (χ1v) is 15.4. The summed E-state index contributed by atoms with van der Waals surface area (Å²) < 4.78 is 24.4. The van der Waals surface area contributed by atoms with Crippen LogP contribution < -0.4 is 16.1 Å². The molecule has 8 atom stereocenters. The predicted octanol–water partition coefficient (Wildman–Crippen LogP) is 5.34. The van der Waals surface area contributed by atoms with E-state index in [9.17, 15) is 19.5 Å². The summed E-state index contributed by atoms with van der Waals surface area (Å²) in [5, 5.41) is 12.2. The number of aliphatic hydroxyl groups is 1. The molecule has 3 N–H and O–H groups in total. The molecule has 0 amide bonds. The Labute approximate surface area is 261 Å². The number of fused-ring (bicyclic) bond motifs is 4. The van der Waals surface area contributed by atoms with Gasteiger partial charge in [-0.1, -0.05) is 20.8 Å². The minimum absolute atomic E-state index is 0.0379. The molecule has 0 bridgehead atoms. The quantitative estimate of drug-likeness (QED) is 0.284. The van der Waals surface area contributed by atoms with Crippen molar-refractivity contribution in [1.82, 2.24) is 4.98 Å². The van der Waals surface area contributed by atoms with E-state index in [1.54, 1.807) is 54.9 Å². The van der Waals surface area contributed by atoms with Crippen LogP contribution in [0.25, 0.3) is 11.3 Å². The largest absolute Gasteiger partial charge is 0.482 e. The van der Waals surface area contributed by atoms with Gasteiger partial charge in [0.2, 0.25) is 0 Å². The Balaban J connectivity index is 1.49. The van der Waals surface area contributed by atoms with E-state index in [4.69, 9.17) is 24.4 Å². The first-order valence-electron chi connectivity index (χ1n) is 15.4. The van der Waals surface area contributed by atoms with Crippen LogP contribution in [-0.4, -0.2) is 40.3 Å². The number of anilines is 1. The molecule has 3 aromatic rings. The lowest BCUT2D eigenvalue weighted by Gasteiger charge is -2.66. The number of aromatic nitrogens is 1. The molecule has 2 aliphatic carbocycles. The molecule has 3 aliphatic rings. The van der Waals surface area contributed by atoms with Crippen LogP contribution in [0.2, 0.25) is 0 Å². The average molecular weight is 617 g/mol. The summed E-state index contributed by atoms with van der Waals surface area (Å²) in [7, 11) is 0. The van der Waals surface area contributed by atoms with Crippen LogP contribution >= 0.6 is 0 Å². The van der Waals surface area contributed by atoms with Gasteiger partial charge in [-0.2, -0.15) is 0 Å².